The second kappa shape index (κ2) is 3.24. The van der Waals surface area contributed by atoms with Crippen molar-refractivity contribution < 1.29 is 8.42 Å². The number of hydrogen-bond donors (Lipinski definition) is 0. The molecule has 0 aromatic heterocycles. The molecule has 0 aromatic carbocycles. The van der Waals surface area contributed by atoms with Crippen LogP contribution in [0.25, 0.3) is 0 Å². The quantitative estimate of drug-likeness (QED) is 0.691. The lowest BCUT2D eigenvalue weighted by Gasteiger charge is -2.41. The minimum absolute atomic E-state index is 0.0368. The molecule has 0 radical (unpaired) electrons. The van der Waals surface area contributed by atoms with Crippen LogP contribution in [0.15, 0.2) is 0 Å². The summed E-state index contributed by atoms with van der Waals surface area (Å²) < 4.78 is 25.2. The molecule has 1 saturated carbocycles. The van der Waals surface area contributed by atoms with Crippen LogP contribution in [0.5, 0.6) is 0 Å². The molecule has 0 atom stereocenters. The molecule has 2 rings (SSSR count). The van der Waals surface area contributed by atoms with Crippen molar-refractivity contribution in [1.82, 2.24) is 4.31 Å². The minimum atomic E-state index is -2.88. The van der Waals surface area contributed by atoms with Crippen LogP contribution >= 0.6 is 0 Å². The number of hydrogen-bond acceptors (Lipinski definition) is 2. The van der Waals surface area contributed by atoms with Gasteiger partial charge in [0.2, 0.25) is 10.0 Å². The van der Waals surface area contributed by atoms with Gasteiger partial charge >= 0.3 is 0 Å². The normalized spacial score (nSPS) is 26.8. The van der Waals surface area contributed by atoms with Crippen molar-refractivity contribution >= 4 is 10.0 Å². The summed E-state index contributed by atoms with van der Waals surface area (Å²) in [4.78, 5) is 0. The van der Waals surface area contributed by atoms with Gasteiger partial charge in [-0.3, -0.25) is 0 Å². The lowest BCUT2D eigenvalue weighted by atomic mass is 10.00. The predicted octanol–water partition coefficient (Wildman–Crippen LogP) is 1.21. The van der Waals surface area contributed by atoms with E-state index in [4.69, 9.17) is 0 Å². The molecule has 76 valence electrons. The van der Waals surface area contributed by atoms with Crippen molar-refractivity contribution in [3.63, 3.8) is 0 Å². The first-order valence-electron chi connectivity index (χ1n) is 5.13. The standard InChI is InChI=1S/C9H17NO2S/c1-2-8-6-10(7-8)13(11,12)9-4-3-5-9/h8-9H,2-7H2,1H3. The molecule has 0 spiro atoms. The Bertz CT molecular complexity index is 276. The summed E-state index contributed by atoms with van der Waals surface area (Å²) in [6.45, 7) is 3.67. The molecule has 1 heterocycles. The Morgan fingerprint density at radius 3 is 2.31 bits per heavy atom. The molecule has 2 fully saturated rings. The summed E-state index contributed by atoms with van der Waals surface area (Å²) in [6, 6.07) is 0. The van der Waals surface area contributed by atoms with E-state index in [1.807, 2.05) is 0 Å². The molecule has 1 aliphatic carbocycles. The molecule has 2 aliphatic rings. The predicted molar refractivity (Wildman–Crippen MR) is 51.9 cm³/mol. The smallest absolute Gasteiger partial charge is 0.212 e. The maximum Gasteiger partial charge on any atom is 0.216 e. The zero-order valence-corrected chi connectivity index (χ0v) is 8.89. The maximum absolute atomic E-state index is 11.8. The Hall–Kier alpha value is -0.0900. The maximum atomic E-state index is 11.8. The molecule has 0 bridgehead atoms. The molecule has 1 aliphatic heterocycles. The molecule has 3 nitrogen and oxygen atoms in total. The SMILES string of the molecule is CCC1CN(S(=O)(=O)C2CCC2)C1. The highest BCUT2D eigenvalue weighted by Gasteiger charge is 2.41. The van der Waals surface area contributed by atoms with Crippen molar-refractivity contribution in [2.45, 2.75) is 37.9 Å². The Morgan fingerprint density at radius 2 is 1.92 bits per heavy atom. The average molecular weight is 203 g/mol. The lowest BCUT2D eigenvalue weighted by Crippen LogP contribution is -2.53. The van der Waals surface area contributed by atoms with Gasteiger partial charge in [0.1, 0.15) is 0 Å². The molecular weight excluding hydrogens is 186 g/mol. The van der Waals surface area contributed by atoms with Crippen molar-refractivity contribution in [2.24, 2.45) is 5.92 Å². The van der Waals surface area contributed by atoms with Gasteiger partial charge in [0.05, 0.1) is 5.25 Å². The van der Waals surface area contributed by atoms with Crippen LogP contribution in [0.2, 0.25) is 0 Å². The highest BCUT2D eigenvalue weighted by atomic mass is 32.2. The summed E-state index contributed by atoms with van der Waals surface area (Å²) >= 11 is 0. The first kappa shape index (κ1) is 9.46. The van der Waals surface area contributed by atoms with E-state index in [0.717, 1.165) is 38.8 Å². The summed E-state index contributed by atoms with van der Waals surface area (Å²) in [5.74, 6) is 0.620. The van der Waals surface area contributed by atoms with Crippen LogP contribution in [0, 0.1) is 5.92 Å². The Morgan fingerprint density at radius 1 is 1.31 bits per heavy atom. The average Bonchev–Trinajstić information content (AvgIpc) is 1.77. The number of sulfonamides is 1. The van der Waals surface area contributed by atoms with E-state index < -0.39 is 10.0 Å². The van der Waals surface area contributed by atoms with Crippen molar-refractivity contribution in [3.05, 3.63) is 0 Å². The van der Waals surface area contributed by atoms with Gasteiger partial charge in [-0.25, -0.2) is 12.7 Å². The molecule has 0 aromatic rings. The molecule has 0 unspecified atom stereocenters. The fraction of sp³-hybridized carbons (Fsp3) is 1.00. The topological polar surface area (TPSA) is 37.4 Å². The third-order valence-corrected chi connectivity index (χ3v) is 5.67. The van der Waals surface area contributed by atoms with Gasteiger partial charge in [0, 0.05) is 13.1 Å². The van der Waals surface area contributed by atoms with Gasteiger partial charge in [0.25, 0.3) is 0 Å². The lowest BCUT2D eigenvalue weighted by molar-refractivity contribution is 0.191. The van der Waals surface area contributed by atoms with E-state index in [9.17, 15) is 8.42 Å². The third kappa shape index (κ3) is 1.50. The van der Waals surface area contributed by atoms with Crippen LogP contribution in [0.3, 0.4) is 0 Å². The highest BCUT2D eigenvalue weighted by Crippen LogP contribution is 2.32. The second-order valence-electron chi connectivity index (χ2n) is 4.19. The van der Waals surface area contributed by atoms with Gasteiger partial charge in [-0.1, -0.05) is 19.8 Å². The Balaban J connectivity index is 1.94. The first-order valence-corrected chi connectivity index (χ1v) is 6.64. The van der Waals surface area contributed by atoms with E-state index in [1.54, 1.807) is 4.31 Å². The van der Waals surface area contributed by atoms with Crippen molar-refractivity contribution in [2.75, 3.05) is 13.1 Å². The molecular formula is C9H17NO2S. The Kier molecular flexibility index (Phi) is 2.36. The molecule has 0 N–H and O–H groups in total. The van der Waals surface area contributed by atoms with Crippen LogP contribution in [-0.2, 0) is 10.0 Å². The second-order valence-corrected chi connectivity index (χ2v) is 6.40. The Labute approximate surface area is 80.2 Å². The fourth-order valence-corrected chi connectivity index (χ4v) is 4.06. The van der Waals surface area contributed by atoms with Crippen LogP contribution in [0.4, 0.5) is 0 Å². The van der Waals surface area contributed by atoms with Crippen LogP contribution < -0.4 is 0 Å². The van der Waals surface area contributed by atoms with E-state index in [1.165, 1.54) is 0 Å². The van der Waals surface area contributed by atoms with Crippen molar-refractivity contribution in [1.29, 1.82) is 0 Å². The van der Waals surface area contributed by atoms with Gasteiger partial charge in [-0.05, 0) is 18.8 Å². The zero-order chi connectivity index (χ0) is 9.47. The van der Waals surface area contributed by atoms with Crippen LogP contribution in [-0.4, -0.2) is 31.1 Å². The highest BCUT2D eigenvalue weighted by molar-refractivity contribution is 7.89. The van der Waals surface area contributed by atoms with Gasteiger partial charge in [0.15, 0.2) is 0 Å². The third-order valence-electron chi connectivity index (χ3n) is 3.33. The largest absolute Gasteiger partial charge is 0.216 e. The first-order chi connectivity index (χ1) is 6.14. The summed E-state index contributed by atoms with van der Waals surface area (Å²) in [5, 5.41) is -0.0368. The molecule has 1 saturated heterocycles. The monoisotopic (exact) mass is 203 g/mol. The van der Waals surface area contributed by atoms with Crippen LogP contribution in [0.1, 0.15) is 32.6 Å². The van der Waals surface area contributed by atoms with E-state index >= 15 is 0 Å². The molecule has 0 amide bonds. The minimum Gasteiger partial charge on any atom is -0.212 e. The number of rotatable bonds is 3. The summed E-state index contributed by atoms with van der Waals surface area (Å²) in [7, 11) is -2.88. The van der Waals surface area contributed by atoms with E-state index in [-0.39, 0.29) is 5.25 Å². The van der Waals surface area contributed by atoms with Gasteiger partial charge < -0.3 is 0 Å². The fourth-order valence-electron chi connectivity index (χ4n) is 1.87. The summed E-state index contributed by atoms with van der Waals surface area (Å²) in [6.07, 6.45) is 3.97. The van der Waals surface area contributed by atoms with E-state index in [0.29, 0.717) is 5.92 Å². The van der Waals surface area contributed by atoms with Gasteiger partial charge in [-0.2, -0.15) is 0 Å². The molecule has 4 heteroatoms. The van der Waals surface area contributed by atoms with Gasteiger partial charge in [-0.15, -0.1) is 0 Å². The molecule has 13 heavy (non-hydrogen) atoms. The zero-order valence-electron chi connectivity index (χ0n) is 8.07. The van der Waals surface area contributed by atoms with E-state index in [2.05, 4.69) is 6.92 Å². The van der Waals surface area contributed by atoms with Crippen molar-refractivity contribution in [3.8, 4) is 0 Å². The number of nitrogens with zero attached hydrogens (tertiary/aromatic N) is 1. The summed E-state index contributed by atoms with van der Waals surface area (Å²) in [5.41, 5.74) is 0.